The lowest BCUT2D eigenvalue weighted by molar-refractivity contribution is 0.0342. The number of hydrogen-bond acceptors (Lipinski definition) is 5. The second-order valence-electron chi connectivity index (χ2n) is 6.88. The van der Waals surface area contributed by atoms with Crippen LogP contribution in [0.25, 0.3) is 0 Å². The van der Waals surface area contributed by atoms with Crippen LogP contribution in [0.2, 0.25) is 5.02 Å². The predicted octanol–water partition coefficient (Wildman–Crippen LogP) is 3.59. The van der Waals surface area contributed by atoms with Crippen molar-refractivity contribution in [2.45, 2.75) is 13.0 Å². The molecule has 1 saturated heterocycles. The molecule has 0 atom stereocenters. The molecule has 148 valence electrons. The maximum Gasteiger partial charge on any atom is 0.255 e. The third-order valence-electron chi connectivity index (χ3n) is 4.79. The van der Waals surface area contributed by atoms with Crippen LogP contribution in [-0.2, 0) is 11.3 Å². The number of anilines is 1. The summed E-state index contributed by atoms with van der Waals surface area (Å²) in [5.41, 5.74) is 2.38. The average molecular weight is 403 g/mol. The molecule has 0 radical (unpaired) electrons. The molecule has 0 saturated carbocycles. The Labute approximate surface area is 169 Å². The van der Waals surface area contributed by atoms with Crippen molar-refractivity contribution in [1.82, 2.24) is 4.90 Å². The first-order valence-corrected chi connectivity index (χ1v) is 9.86. The molecule has 1 amide bonds. The lowest BCUT2D eigenvalue weighted by Crippen LogP contribution is -2.35. The van der Waals surface area contributed by atoms with Crippen molar-refractivity contribution < 1.29 is 19.0 Å². The van der Waals surface area contributed by atoms with Gasteiger partial charge in [0.15, 0.2) is 11.5 Å². The Kier molecular flexibility index (Phi) is 6.00. The number of amides is 1. The maximum absolute atomic E-state index is 12.7. The summed E-state index contributed by atoms with van der Waals surface area (Å²) in [6.07, 6.45) is 0.781. The zero-order valence-corrected chi connectivity index (χ0v) is 16.3. The van der Waals surface area contributed by atoms with E-state index < -0.39 is 0 Å². The molecule has 6 nitrogen and oxygen atoms in total. The minimum Gasteiger partial charge on any atom is -0.489 e. The Morgan fingerprint density at radius 2 is 1.79 bits per heavy atom. The molecule has 0 aromatic heterocycles. The van der Waals surface area contributed by atoms with Crippen molar-refractivity contribution >= 4 is 23.2 Å². The number of hydrogen-bond donors (Lipinski definition) is 1. The first kappa shape index (κ1) is 19.1. The van der Waals surface area contributed by atoms with Crippen molar-refractivity contribution in [3.8, 4) is 11.5 Å². The zero-order valence-electron chi connectivity index (χ0n) is 15.6. The van der Waals surface area contributed by atoms with E-state index in [9.17, 15) is 4.79 Å². The summed E-state index contributed by atoms with van der Waals surface area (Å²) in [6.45, 7) is 5.44. The van der Waals surface area contributed by atoms with Crippen LogP contribution in [0, 0.1) is 0 Å². The standard InChI is InChI=1S/C21H23ClN2O4/c22-18-12-16(13-19-20(18)28-9-1-8-27-19)21(25)23-17-4-2-15(3-5-17)14-24-6-10-26-11-7-24/h2-5,12-13H,1,6-11,14H2,(H,23,25). The van der Waals surface area contributed by atoms with Crippen LogP contribution >= 0.6 is 11.6 Å². The van der Waals surface area contributed by atoms with Gasteiger partial charge in [-0.1, -0.05) is 23.7 Å². The largest absolute Gasteiger partial charge is 0.489 e. The number of rotatable bonds is 4. The number of nitrogens with zero attached hydrogens (tertiary/aromatic N) is 1. The molecule has 7 heteroatoms. The summed E-state index contributed by atoms with van der Waals surface area (Å²) in [6, 6.07) is 11.2. The maximum atomic E-state index is 12.7. The van der Waals surface area contributed by atoms with Crippen molar-refractivity contribution in [1.29, 1.82) is 0 Å². The van der Waals surface area contributed by atoms with Crippen LogP contribution in [0.1, 0.15) is 22.3 Å². The van der Waals surface area contributed by atoms with Gasteiger partial charge in [0.05, 0.1) is 31.5 Å². The first-order chi connectivity index (χ1) is 13.7. The molecule has 2 heterocycles. The van der Waals surface area contributed by atoms with Crippen molar-refractivity contribution in [2.75, 3.05) is 44.8 Å². The van der Waals surface area contributed by atoms with E-state index in [0.717, 1.165) is 45.0 Å². The van der Waals surface area contributed by atoms with Crippen LogP contribution in [0.5, 0.6) is 11.5 Å². The fourth-order valence-electron chi connectivity index (χ4n) is 3.28. The molecule has 2 aromatic rings. The molecule has 0 unspecified atom stereocenters. The first-order valence-electron chi connectivity index (χ1n) is 9.48. The molecule has 0 bridgehead atoms. The van der Waals surface area contributed by atoms with E-state index in [0.29, 0.717) is 35.3 Å². The van der Waals surface area contributed by atoms with E-state index in [4.69, 9.17) is 25.8 Å². The monoisotopic (exact) mass is 402 g/mol. The molecular formula is C21H23ClN2O4. The van der Waals surface area contributed by atoms with Gasteiger partial charge in [-0.25, -0.2) is 0 Å². The van der Waals surface area contributed by atoms with Gasteiger partial charge in [0.2, 0.25) is 0 Å². The number of benzene rings is 2. The van der Waals surface area contributed by atoms with Crippen LogP contribution < -0.4 is 14.8 Å². The highest BCUT2D eigenvalue weighted by atomic mass is 35.5. The van der Waals surface area contributed by atoms with Gasteiger partial charge >= 0.3 is 0 Å². The minimum atomic E-state index is -0.238. The van der Waals surface area contributed by atoms with Crippen LogP contribution in [0.3, 0.4) is 0 Å². The second kappa shape index (κ2) is 8.82. The molecule has 28 heavy (non-hydrogen) atoms. The van der Waals surface area contributed by atoms with Gasteiger partial charge in [0.25, 0.3) is 5.91 Å². The number of fused-ring (bicyclic) bond motifs is 1. The zero-order chi connectivity index (χ0) is 19.3. The number of halogens is 1. The SMILES string of the molecule is O=C(Nc1ccc(CN2CCOCC2)cc1)c1cc(Cl)c2c(c1)OCCCO2. The smallest absolute Gasteiger partial charge is 0.255 e. The van der Waals surface area contributed by atoms with Crippen molar-refractivity contribution in [3.05, 3.63) is 52.5 Å². The number of carbonyl (C=O) groups is 1. The van der Waals surface area contributed by atoms with Gasteiger partial charge in [-0.2, -0.15) is 0 Å². The molecule has 0 spiro atoms. The van der Waals surface area contributed by atoms with E-state index in [-0.39, 0.29) is 5.91 Å². The number of ether oxygens (including phenoxy) is 3. The summed E-state index contributed by atoms with van der Waals surface area (Å²) in [7, 11) is 0. The summed E-state index contributed by atoms with van der Waals surface area (Å²) < 4.78 is 16.6. The Hall–Kier alpha value is -2.28. The van der Waals surface area contributed by atoms with E-state index in [1.54, 1.807) is 12.1 Å². The van der Waals surface area contributed by atoms with E-state index in [2.05, 4.69) is 10.2 Å². The van der Waals surface area contributed by atoms with Crippen LogP contribution in [-0.4, -0.2) is 50.3 Å². The molecular weight excluding hydrogens is 380 g/mol. The summed E-state index contributed by atoms with van der Waals surface area (Å²) in [5, 5.41) is 3.29. The topological polar surface area (TPSA) is 60.0 Å². The Morgan fingerprint density at radius 3 is 2.57 bits per heavy atom. The number of nitrogens with one attached hydrogen (secondary N) is 1. The fourth-order valence-corrected chi connectivity index (χ4v) is 3.54. The molecule has 1 fully saturated rings. The number of morpholine rings is 1. The molecule has 0 aliphatic carbocycles. The van der Waals surface area contributed by atoms with Gasteiger partial charge in [0.1, 0.15) is 0 Å². The fraction of sp³-hybridized carbons (Fsp3) is 0.381. The lowest BCUT2D eigenvalue weighted by Gasteiger charge is -2.26. The van der Waals surface area contributed by atoms with Gasteiger partial charge < -0.3 is 19.5 Å². The van der Waals surface area contributed by atoms with Gasteiger partial charge in [0, 0.05) is 37.3 Å². The summed E-state index contributed by atoms with van der Waals surface area (Å²) in [5.74, 6) is 0.776. The summed E-state index contributed by atoms with van der Waals surface area (Å²) >= 11 is 6.28. The predicted molar refractivity (Wildman–Crippen MR) is 108 cm³/mol. The highest BCUT2D eigenvalue weighted by Gasteiger charge is 2.18. The highest BCUT2D eigenvalue weighted by molar-refractivity contribution is 6.32. The Balaban J connectivity index is 1.42. The van der Waals surface area contributed by atoms with Gasteiger partial charge in [-0.3, -0.25) is 9.69 Å². The third-order valence-corrected chi connectivity index (χ3v) is 5.07. The Bertz CT molecular complexity index is 835. The molecule has 2 aliphatic heterocycles. The van der Waals surface area contributed by atoms with E-state index >= 15 is 0 Å². The third kappa shape index (κ3) is 4.58. The summed E-state index contributed by atoms with van der Waals surface area (Å²) in [4.78, 5) is 15.0. The van der Waals surface area contributed by atoms with Crippen molar-refractivity contribution in [2.24, 2.45) is 0 Å². The molecule has 4 rings (SSSR count). The average Bonchev–Trinajstić information content (AvgIpc) is 2.96. The molecule has 2 aromatic carbocycles. The van der Waals surface area contributed by atoms with Crippen LogP contribution in [0.15, 0.2) is 36.4 Å². The van der Waals surface area contributed by atoms with Gasteiger partial charge in [-0.15, -0.1) is 0 Å². The van der Waals surface area contributed by atoms with Crippen LogP contribution in [0.4, 0.5) is 5.69 Å². The van der Waals surface area contributed by atoms with E-state index in [1.165, 1.54) is 5.56 Å². The number of carbonyl (C=O) groups excluding carboxylic acids is 1. The lowest BCUT2D eigenvalue weighted by atomic mass is 10.1. The normalized spacial score (nSPS) is 17.0. The highest BCUT2D eigenvalue weighted by Crippen LogP contribution is 2.38. The molecule has 2 aliphatic rings. The minimum absolute atomic E-state index is 0.238. The van der Waals surface area contributed by atoms with Gasteiger partial charge in [-0.05, 0) is 29.8 Å². The Morgan fingerprint density at radius 1 is 1.04 bits per heavy atom. The van der Waals surface area contributed by atoms with E-state index in [1.807, 2.05) is 24.3 Å². The van der Waals surface area contributed by atoms with Crippen molar-refractivity contribution in [3.63, 3.8) is 0 Å². The quantitative estimate of drug-likeness (QED) is 0.846. The molecule has 1 N–H and O–H groups in total. The second-order valence-corrected chi connectivity index (χ2v) is 7.28.